The molecule has 1 aromatic carbocycles. The third-order valence-electron chi connectivity index (χ3n) is 1.72. The van der Waals surface area contributed by atoms with Gasteiger partial charge in [0.1, 0.15) is 0 Å². The lowest BCUT2D eigenvalue weighted by Gasteiger charge is -2.08. The molecular formula is C9H10ClFOS. The lowest BCUT2D eigenvalue weighted by Crippen LogP contribution is -1.93. The summed E-state index contributed by atoms with van der Waals surface area (Å²) in [7, 11) is 0. The zero-order valence-electron chi connectivity index (χ0n) is 7.34. The van der Waals surface area contributed by atoms with Crippen LogP contribution in [0.2, 0.25) is 5.02 Å². The summed E-state index contributed by atoms with van der Waals surface area (Å²) in [6.45, 7) is 1.62. The van der Waals surface area contributed by atoms with Gasteiger partial charge in [0.2, 0.25) is 0 Å². The summed E-state index contributed by atoms with van der Waals surface area (Å²) < 4.78 is 13.2. The number of hydrogen-bond acceptors (Lipinski definition) is 2. The molecule has 0 aliphatic carbocycles. The van der Waals surface area contributed by atoms with Gasteiger partial charge in [-0.1, -0.05) is 11.6 Å². The van der Waals surface area contributed by atoms with Crippen LogP contribution in [0.4, 0.5) is 4.39 Å². The summed E-state index contributed by atoms with van der Waals surface area (Å²) in [4.78, 5) is 0.461. The minimum absolute atomic E-state index is 0.0581. The fourth-order valence-electron chi connectivity index (χ4n) is 0.974. The number of hydrogen-bond donors (Lipinski definition) is 1. The Hall–Kier alpha value is -0.250. The zero-order valence-corrected chi connectivity index (χ0v) is 8.92. The Bertz CT molecular complexity index is 315. The molecule has 1 atom stereocenters. The first-order valence-electron chi connectivity index (χ1n) is 3.77. The highest BCUT2D eigenvalue weighted by molar-refractivity contribution is 7.98. The van der Waals surface area contributed by atoms with Crippen LogP contribution in [0.25, 0.3) is 0 Å². The Labute approximate surface area is 85.9 Å². The van der Waals surface area contributed by atoms with Gasteiger partial charge in [-0.15, -0.1) is 11.8 Å². The summed E-state index contributed by atoms with van der Waals surface area (Å²) in [5.41, 5.74) is 0.635. The molecule has 1 N–H and O–H groups in total. The van der Waals surface area contributed by atoms with Crippen molar-refractivity contribution in [3.63, 3.8) is 0 Å². The third-order valence-corrected chi connectivity index (χ3v) is 2.73. The van der Waals surface area contributed by atoms with Crippen molar-refractivity contribution in [2.24, 2.45) is 0 Å². The minimum atomic E-state index is -0.621. The van der Waals surface area contributed by atoms with Gasteiger partial charge in [-0.25, -0.2) is 4.39 Å². The molecule has 0 heterocycles. The first-order chi connectivity index (χ1) is 6.06. The topological polar surface area (TPSA) is 20.2 Å². The molecule has 0 saturated heterocycles. The van der Waals surface area contributed by atoms with Gasteiger partial charge in [-0.3, -0.25) is 0 Å². The third kappa shape index (κ3) is 2.36. The van der Waals surface area contributed by atoms with Gasteiger partial charge < -0.3 is 5.11 Å². The van der Waals surface area contributed by atoms with E-state index in [-0.39, 0.29) is 5.02 Å². The van der Waals surface area contributed by atoms with Gasteiger partial charge in [-0.05, 0) is 30.9 Å². The molecule has 0 bridgehead atoms. The molecule has 72 valence electrons. The molecule has 0 aliphatic heterocycles. The van der Waals surface area contributed by atoms with Gasteiger partial charge in [0.15, 0.2) is 5.82 Å². The number of rotatable bonds is 2. The van der Waals surface area contributed by atoms with Crippen LogP contribution in [-0.2, 0) is 0 Å². The van der Waals surface area contributed by atoms with Gasteiger partial charge >= 0.3 is 0 Å². The first kappa shape index (κ1) is 10.8. The highest BCUT2D eigenvalue weighted by Crippen LogP contribution is 2.29. The van der Waals surface area contributed by atoms with E-state index in [1.165, 1.54) is 17.8 Å². The van der Waals surface area contributed by atoms with Crippen molar-refractivity contribution in [2.75, 3.05) is 6.26 Å². The lowest BCUT2D eigenvalue weighted by atomic mass is 10.1. The van der Waals surface area contributed by atoms with E-state index in [4.69, 9.17) is 11.6 Å². The normalized spacial score (nSPS) is 13.0. The van der Waals surface area contributed by atoms with E-state index >= 15 is 0 Å². The standard InChI is InChI=1S/C9H10ClFOS/c1-5(12)6-3-7(10)9(11)8(4-6)13-2/h3-5,12H,1-2H3. The van der Waals surface area contributed by atoms with E-state index in [0.717, 1.165) is 0 Å². The van der Waals surface area contributed by atoms with Crippen molar-refractivity contribution in [2.45, 2.75) is 17.9 Å². The highest BCUT2D eigenvalue weighted by Gasteiger charge is 2.10. The van der Waals surface area contributed by atoms with E-state index in [2.05, 4.69) is 0 Å². The predicted octanol–water partition coefficient (Wildman–Crippen LogP) is 3.25. The van der Waals surface area contributed by atoms with Crippen molar-refractivity contribution < 1.29 is 9.50 Å². The summed E-state index contributed by atoms with van der Waals surface area (Å²) in [6, 6.07) is 3.05. The minimum Gasteiger partial charge on any atom is -0.389 e. The van der Waals surface area contributed by atoms with E-state index < -0.39 is 11.9 Å². The van der Waals surface area contributed by atoms with Crippen LogP contribution in [0.3, 0.4) is 0 Å². The fraction of sp³-hybridized carbons (Fsp3) is 0.333. The van der Waals surface area contributed by atoms with Crippen LogP contribution in [0.1, 0.15) is 18.6 Å². The van der Waals surface area contributed by atoms with Gasteiger partial charge in [0.05, 0.1) is 11.1 Å². The Morgan fingerprint density at radius 1 is 1.54 bits per heavy atom. The molecule has 0 spiro atoms. The maximum Gasteiger partial charge on any atom is 0.155 e. The summed E-state index contributed by atoms with van der Waals surface area (Å²) >= 11 is 6.91. The second kappa shape index (κ2) is 4.31. The van der Waals surface area contributed by atoms with Crippen LogP contribution >= 0.6 is 23.4 Å². The van der Waals surface area contributed by atoms with Crippen LogP contribution < -0.4 is 0 Å². The number of thioether (sulfide) groups is 1. The first-order valence-corrected chi connectivity index (χ1v) is 5.37. The molecule has 0 radical (unpaired) electrons. The van der Waals surface area contributed by atoms with Crippen LogP contribution in [-0.4, -0.2) is 11.4 Å². The number of aliphatic hydroxyl groups excluding tert-OH is 1. The van der Waals surface area contributed by atoms with Crippen LogP contribution in [0, 0.1) is 5.82 Å². The van der Waals surface area contributed by atoms with E-state index in [1.807, 2.05) is 0 Å². The average Bonchev–Trinajstić information content (AvgIpc) is 2.09. The fourth-order valence-corrected chi connectivity index (χ4v) is 1.80. The number of aliphatic hydroxyl groups is 1. The molecule has 0 amide bonds. The molecule has 0 aliphatic rings. The number of benzene rings is 1. The zero-order chi connectivity index (χ0) is 10.0. The lowest BCUT2D eigenvalue weighted by molar-refractivity contribution is 0.199. The van der Waals surface area contributed by atoms with Crippen LogP contribution in [0.5, 0.6) is 0 Å². The van der Waals surface area contributed by atoms with Crippen LogP contribution in [0.15, 0.2) is 17.0 Å². The van der Waals surface area contributed by atoms with Crippen molar-refractivity contribution in [3.05, 3.63) is 28.5 Å². The molecule has 0 saturated carbocycles. The molecule has 1 aromatic rings. The molecule has 0 fully saturated rings. The summed E-state index contributed by atoms with van der Waals surface area (Å²) in [5, 5.41) is 9.33. The summed E-state index contributed by atoms with van der Waals surface area (Å²) in [6.07, 6.45) is 1.14. The second-order valence-electron chi connectivity index (χ2n) is 2.69. The van der Waals surface area contributed by atoms with E-state index in [0.29, 0.717) is 10.5 Å². The molecule has 1 rings (SSSR count). The van der Waals surface area contributed by atoms with Gasteiger partial charge in [0.25, 0.3) is 0 Å². The van der Waals surface area contributed by atoms with Crippen molar-refractivity contribution in [1.82, 2.24) is 0 Å². The predicted molar refractivity (Wildman–Crippen MR) is 53.8 cm³/mol. The molecule has 1 nitrogen and oxygen atoms in total. The molecule has 1 unspecified atom stereocenters. The molecule has 0 aromatic heterocycles. The largest absolute Gasteiger partial charge is 0.389 e. The van der Waals surface area contributed by atoms with Gasteiger partial charge in [-0.2, -0.15) is 0 Å². The molecule has 4 heteroatoms. The Morgan fingerprint density at radius 2 is 2.15 bits per heavy atom. The maximum atomic E-state index is 13.2. The Kier molecular flexibility index (Phi) is 3.59. The van der Waals surface area contributed by atoms with Crippen molar-refractivity contribution in [1.29, 1.82) is 0 Å². The monoisotopic (exact) mass is 220 g/mol. The molecule has 13 heavy (non-hydrogen) atoms. The quantitative estimate of drug-likeness (QED) is 0.773. The maximum absolute atomic E-state index is 13.2. The Balaban J connectivity index is 3.22. The van der Waals surface area contributed by atoms with Crippen molar-refractivity contribution >= 4 is 23.4 Å². The van der Waals surface area contributed by atoms with E-state index in [1.54, 1.807) is 19.2 Å². The second-order valence-corrected chi connectivity index (χ2v) is 3.95. The highest BCUT2D eigenvalue weighted by atomic mass is 35.5. The van der Waals surface area contributed by atoms with E-state index in [9.17, 15) is 9.50 Å². The number of halogens is 2. The average molecular weight is 221 g/mol. The SMILES string of the molecule is CSc1cc(C(C)O)cc(Cl)c1F. The molecular weight excluding hydrogens is 211 g/mol. The van der Waals surface area contributed by atoms with Gasteiger partial charge in [0, 0.05) is 4.90 Å². The Morgan fingerprint density at radius 3 is 2.62 bits per heavy atom. The van der Waals surface area contributed by atoms with Crippen molar-refractivity contribution in [3.8, 4) is 0 Å². The smallest absolute Gasteiger partial charge is 0.155 e. The summed E-state index contributed by atoms with van der Waals surface area (Å²) in [5.74, 6) is -0.418.